The third-order valence-electron chi connectivity index (χ3n) is 3.39. The van der Waals surface area contributed by atoms with Crippen molar-refractivity contribution in [3.63, 3.8) is 0 Å². The Balaban J connectivity index is 2.08. The van der Waals surface area contributed by atoms with Crippen LogP contribution in [-0.2, 0) is 22.1 Å². The molecule has 0 aromatic heterocycles. The van der Waals surface area contributed by atoms with Gasteiger partial charge in [-0.15, -0.1) is 0 Å². The van der Waals surface area contributed by atoms with Gasteiger partial charge in [0.25, 0.3) is 0 Å². The van der Waals surface area contributed by atoms with Gasteiger partial charge in [-0.2, -0.15) is 12.6 Å². The molecule has 5 heteroatoms. The number of carbonyl (C=O) groups is 1. The molecule has 0 unspecified atom stereocenters. The zero-order valence-electron chi connectivity index (χ0n) is 12.4. The summed E-state index contributed by atoms with van der Waals surface area (Å²) in [4.78, 5) is 12.0. The van der Waals surface area contributed by atoms with Gasteiger partial charge >= 0.3 is 12.9 Å². The Bertz CT molecular complexity index is 538. The molecule has 0 heterocycles. The minimum Gasteiger partial charge on any atom is -0.534 e. The van der Waals surface area contributed by atoms with Crippen LogP contribution < -0.4 is 5.73 Å². The van der Waals surface area contributed by atoms with Crippen molar-refractivity contribution in [2.24, 2.45) is 5.73 Å². The molecule has 22 heavy (non-hydrogen) atoms. The molecule has 2 rings (SSSR count). The fourth-order valence-corrected chi connectivity index (χ4v) is 2.38. The third-order valence-corrected chi connectivity index (χ3v) is 3.79. The van der Waals surface area contributed by atoms with Crippen LogP contribution in [0.2, 0.25) is 0 Å². The first-order valence-electron chi connectivity index (χ1n) is 7.34. The molecule has 0 bridgehead atoms. The van der Waals surface area contributed by atoms with Gasteiger partial charge in [0.05, 0.1) is 0 Å². The molecular formula is C17H20BNO2S. The Hall–Kier alpha value is -1.72. The molecule has 0 amide bonds. The van der Waals surface area contributed by atoms with Crippen molar-refractivity contribution in [1.29, 1.82) is 0 Å². The van der Waals surface area contributed by atoms with Crippen molar-refractivity contribution in [3.05, 3.63) is 71.8 Å². The monoisotopic (exact) mass is 313 g/mol. The van der Waals surface area contributed by atoms with E-state index in [-0.39, 0.29) is 12.7 Å². The van der Waals surface area contributed by atoms with Crippen LogP contribution >= 0.6 is 12.6 Å². The molecule has 0 spiro atoms. The summed E-state index contributed by atoms with van der Waals surface area (Å²) in [5.74, 6) is -0.116. The maximum atomic E-state index is 12.0. The molecule has 0 aliphatic rings. The number of carbonyl (C=O) groups excluding carboxylic acids is 1. The lowest BCUT2D eigenvalue weighted by molar-refractivity contribution is -0.135. The number of rotatable bonds is 7. The van der Waals surface area contributed by atoms with E-state index in [0.29, 0.717) is 12.6 Å². The van der Waals surface area contributed by atoms with Crippen molar-refractivity contribution in [2.45, 2.75) is 18.7 Å². The van der Waals surface area contributed by atoms with E-state index in [4.69, 9.17) is 10.4 Å². The number of benzene rings is 2. The van der Waals surface area contributed by atoms with E-state index < -0.39 is 12.0 Å². The highest BCUT2D eigenvalue weighted by atomic mass is 32.1. The van der Waals surface area contributed by atoms with Gasteiger partial charge in [0.15, 0.2) is 0 Å². The maximum absolute atomic E-state index is 12.0. The lowest BCUT2D eigenvalue weighted by Crippen LogP contribution is -2.39. The molecular weight excluding hydrogens is 293 g/mol. The molecule has 2 N–H and O–H groups in total. The first kappa shape index (κ1) is 16.7. The Morgan fingerprint density at radius 1 is 1.00 bits per heavy atom. The second kappa shape index (κ2) is 8.66. The zero-order valence-corrected chi connectivity index (χ0v) is 13.3. The van der Waals surface area contributed by atoms with Crippen molar-refractivity contribution in [2.75, 3.05) is 5.75 Å². The van der Waals surface area contributed by atoms with Crippen molar-refractivity contribution in [3.8, 4) is 0 Å². The molecule has 114 valence electrons. The second-order valence-corrected chi connectivity index (χ2v) is 5.59. The van der Waals surface area contributed by atoms with Crippen LogP contribution in [0.3, 0.4) is 0 Å². The summed E-state index contributed by atoms with van der Waals surface area (Å²) in [6.07, 6.45) is 1.33. The summed E-state index contributed by atoms with van der Waals surface area (Å²) < 4.78 is 5.60. The molecule has 3 nitrogen and oxygen atoms in total. The van der Waals surface area contributed by atoms with Crippen LogP contribution in [0.1, 0.15) is 11.1 Å². The van der Waals surface area contributed by atoms with Gasteiger partial charge in [-0.1, -0.05) is 71.8 Å². The number of nitrogens with two attached hydrogens (primary N) is 1. The van der Waals surface area contributed by atoms with E-state index in [9.17, 15) is 4.79 Å². The number of hydrogen-bond donors (Lipinski definition) is 2. The van der Waals surface area contributed by atoms with Gasteiger partial charge in [-0.3, -0.25) is 4.79 Å². The normalized spacial score (nSPS) is 11.7. The molecule has 2 aromatic rings. The minimum atomic E-state index is -0.683. The molecule has 0 radical (unpaired) electrons. The van der Waals surface area contributed by atoms with E-state index in [1.165, 1.54) is 0 Å². The smallest absolute Gasteiger partial charge is 0.370 e. The Labute approximate surface area is 137 Å². The standard InChI is InChI=1S/C17H20BNO2S/c19-16(13-22)17(20)21-18(11-14-7-3-1-4-8-14)12-15-9-5-2-6-10-15/h1-10,16,22H,11-13,19H2/t16-/m1/s1. The summed E-state index contributed by atoms with van der Waals surface area (Å²) in [7, 11) is 0. The van der Waals surface area contributed by atoms with E-state index >= 15 is 0 Å². The fourth-order valence-electron chi connectivity index (χ4n) is 2.24. The number of hydrogen-bond acceptors (Lipinski definition) is 4. The largest absolute Gasteiger partial charge is 0.534 e. The molecule has 0 saturated heterocycles. The average Bonchev–Trinajstić information content (AvgIpc) is 2.55. The maximum Gasteiger partial charge on any atom is 0.370 e. The molecule has 0 fully saturated rings. The van der Waals surface area contributed by atoms with Crippen LogP contribution in [0.5, 0.6) is 0 Å². The molecule has 0 aliphatic carbocycles. The van der Waals surface area contributed by atoms with E-state index in [1.54, 1.807) is 0 Å². The summed E-state index contributed by atoms with van der Waals surface area (Å²) in [6.45, 7) is -0.233. The molecule has 0 saturated carbocycles. The quantitative estimate of drug-likeness (QED) is 0.609. The third kappa shape index (κ3) is 5.24. The SMILES string of the molecule is N[C@H](CS)C(=O)OB(Cc1ccccc1)Cc1ccccc1. The summed E-state index contributed by atoms with van der Waals surface area (Å²) in [6, 6.07) is 19.3. The fraction of sp³-hybridized carbons (Fsp3) is 0.235. The van der Waals surface area contributed by atoms with Crippen molar-refractivity contribution < 1.29 is 9.45 Å². The van der Waals surface area contributed by atoms with Crippen LogP contribution in [0.4, 0.5) is 0 Å². The van der Waals surface area contributed by atoms with Gasteiger partial charge in [0.2, 0.25) is 0 Å². The highest BCUT2D eigenvalue weighted by molar-refractivity contribution is 7.80. The van der Waals surface area contributed by atoms with Gasteiger partial charge in [-0.05, 0) is 12.6 Å². The first-order chi connectivity index (χ1) is 10.7. The lowest BCUT2D eigenvalue weighted by atomic mass is 9.58. The van der Waals surface area contributed by atoms with Crippen molar-refractivity contribution in [1.82, 2.24) is 0 Å². The average molecular weight is 313 g/mol. The Kier molecular flexibility index (Phi) is 6.56. The molecule has 2 aromatic carbocycles. The molecule has 1 atom stereocenters. The molecule has 0 aliphatic heterocycles. The van der Waals surface area contributed by atoms with Crippen molar-refractivity contribution >= 4 is 25.5 Å². The van der Waals surface area contributed by atoms with E-state index in [1.807, 2.05) is 60.7 Å². The minimum absolute atomic E-state index is 0.233. The van der Waals surface area contributed by atoms with Gasteiger partial charge in [0, 0.05) is 5.75 Å². The van der Waals surface area contributed by atoms with Crippen LogP contribution in [-0.4, -0.2) is 24.7 Å². The predicted molar refractivity (Wildman–Crippen MR) is 94.0 cm³/mol. The van der Waals surface area contributed by atoms with Crippen LogP contribution in [0.25, 0.3) is 0 Å². The summed E-state index contributed by atoms with van der Waals surface area (Å²) in [5.41, 5.74) is 7.97. The Morgan fingerprint density at radius 2 is 1.45 bits per heavy atom. The Morgan fingerprint density at radius 3 is 1.86 bits per heavy atom. The van der Waals surface area contributed by atoms with E-state index in [0.717, 1.165) is 11.1 Å². The van der Waals surface area contributed by atoms with Crippen LogP contribution in [0, 0.1) is 0 Å². The van der Waals surface area contributed by atoms with Gasteiger partial charge in [0.1, 0.15) is 6.04 Å². The van der Waals surface area contributed by atoms with E-state index in [2.05, 4.69) is 12.6 Å². The lowest BCUT2D eigenvalue weighted by Gasteiger charge is -2.17. The second-order valence-electron chi connectivity index (χ2n) is 5.23. The highest BCUT2D eigenvalue weighted by Gasteiger charge is 2.24. The topological polar surface area (TPSA) is 52.3 Å². The highest BCUT2D eigenvalue weighted by Crippen LogP contribution is 2.10. The van der Waals surface area contributed by atoms with Gasteiger partial charge in [-0.25, -0.2) is 0 Å². The first-order valence-corrected chi connectivity index (χ1v) is 7.97. The summed E-state index contributed by atoms with van der Waals surface area (Å²) in [5, 5.41) is 0. The van der Waals surface area contributed by atoms with Gasteiger partial charge < -0.3 is 10.4 Å². The number of thiol groups is 1. The predicted octanol–water partition coefficient (Wildman–Crippen LogP) is 2.34. The van der Waals surface area contributed by atoms with Crippen LogP contribution in [0.15, 0.2) is 60.7 Å². The zero-order chi connectivity index (χ0) is 15.8. The summed E-state index contributed by atoms with van der Waals surface area (Å²) >= 11 is 4.05.